The molecule has 0 aromatic heterocycles. The number of aliphatic hydroxyl groups excluding tert-OH is 1. The first-order chi connectivity index (χ1) is 10.1. The summed E-state index contributed by atoms with van der Waals surface area (Å²) in [6.45, 7) is 0.552. The van der Waals surface area contributed by atoms with E-state index in [-0.39, 0.29) is 5.91 Å². The molecular formula is C16H25NO4. The van der Waals surface area contributed by atoms with Crippen LogP contribution in [0, 0.1) is 17.8 Å². The summed E-state index contributed by atoms with van der Waals surface area (Å²) in [5, 5.41) is 10.1. The van der Waals surface area contributed by atoms with E-state index in [4.69, 9.17) is 4.74 Å². The number of hydrogen-bond donors (Lipinski definition) is 1. The van der Waals surface area contributed by atoms with Gasteiger partial charge in [0.1, 0.15) is 0 Å². The number of esters is 1. The van der Waals surface area contributed by atoms with Gasteiger partial charge in [-0.2, -0.15) is 0 Å². The molecule has 5 atom stereocenters. The highest BCUT2D eigenvalue weighted by molar-refractivity contribution is 5.85. The van der Waals surface area contributed by atoms with E-state index in [1.807, 2.05) is 0 Å². The van der Waals surface area contributed by atoms with E-state index in [0.29, 0.717) is 31.2 Å². The van der Waals surface area contributed by atoms with Gasteiger partial charge in [-0.15, -0.1) is 0 Å². The Labute approximate surface area is 125 Å². The molecular weight excluding hydrogens is 270 g/mol. The van der Waals surface area contributed by atoms with Gasteiger partial charge in [0.25, 0.3) is 0 Å². The number of carbonyl (C=O) groups is 2. The van der Waals surface area contributed by atoms with Gasteiger partial charge >= 0.3 is 5.97 Å². The number of likely N-dealkylation sites (tertiary alicyclic amines) is 1. The van der Waals surface area contributed by atoms with Crippen LogP contribution in [0.15, 0.2) is 0 Å². The minimum atomic E-state index is -0.810. The molecule has 1 N–H and O–H groups in total. The van der Waals surface area contributed by atoms with Gasteiger partial charge in [0.05, 0.1) is 13.2 Å². The lowest BCUT2D eigenvalue weighted by atomic mass is 9.85. The molecule has 2 saturated carbocycles. The Morgan fingerprint density at radius 2 is 2.05 bits per heavy atom. The SMILES string of the molecule is COC(=O)C1C(O)CCCN1C(=O)CC1CC2CCC1C2. The van der Waals surface area contributed by atoms with Crippen LogP contribution in [0.25, 0.3) is 0 Å². The number of ether oxygens (including phenoxy) is 1. The van der Waals surface area contributed by atoms with Gasteiger partial charge in [-0.3, -0.25) is 4.79 Å². The van der Waals surface area contributed by atoms with E-state index >= 15 is 0 Å². The zero-order valence-electron chi connectivity index (χ0n) is 12.7. The van der Waals surface area contributed by atoms with E-state index in [1.54, 1.807) is 4.90 Å². The second kappa shape index (κ2) is 5.95. The summed E-state index contributed by atoms with van der Waals surface area (Å²) in [7, 11) is 1.31. The van der Waals surface area contributed by atoms with Crippen molar-refractivity contribution in [1.82, 2.24) is 4.90 Å². The van der Waals surface area contributed by atoms with E-state index in [9.17, 15) is 14.7 Å². The topological polar surface area (TPSA) is 66.8 Å². The van der Waals surface area contributed by atoms with E-state index < -0.39 is 18.1 Å². The molecule has 118 valence electrons. The lowest BCUT2D eigenvalue weighted by Gasteiger charge is -2.38. The molecule has 2 bridgehead atoms. The van der Waals surface area contributed by atoms with Crippen molar-refractivity contribution < 1.29 is 19.4 Å². The Bertz CT molecular complexity index is 425. The van der Waals surface area contributed by atoms with Gasteiger partial charge < -0.3 is 14.7 Å². The fraction of sp³-hybridized carbons (Fsp3) is 0.875. The fourth-order valence-corrected chi connectivity index (χ4v) is 4.63. The third kappa shape index (κ3) is 2.80. The third-order valence-corrected chi connectivity index (χ3v) is 5.68. The lowest BCUT2D eigenvalue weighted by Crippen LogP contribution is -2.55. The fourth-order valence-electron chi connectivity index (χ4n) is 4.63. The van der Waals surface area contributed by atoms with Crippen LogP contribution < -0.4 is 0 Å². The number of fused-ring (bicyclic) bond motifs is 2. The van der Waals surface area contributed by atoms with E-state index in [0.717, 1.165) is 18.8 Å². The molecule has 5 heteroatoms. The second-order valence-electron chi connectivity index (χ2n) is 6.90. The molecule has 3 rings (SSSR count). The summed E-state index contributed by atoms with van der Waals surface area (Å²) in [4.78, 5) is 26.1. The second-order valence-corrected chi connectivity index (χ2v) is 6.90. The largest absolute Gasteiger partial charge is 0.467 e. The van der Waals surface area contributed by atoms with Crippen LogP contribution >= 0.6 is 0 Å². The molecule has 21 heavy (non-hydrogen) atoms. The van der Waals surface area contributed by atoms with Gasteiger partial charge in [-0.25, -0.2) is 4.79 Å². The number of piperidine rings is 1. The standard InChI is InChI=1S/C16H25NO4/c1-21-16(20)15-13(18)3-2-6-17(15)14(19)9-12-8-10-4-5-11(12)7-10/h10-13,15,18H,2-9H2,1H3. The zero-order valence-corrected chi connectivity index (χ0v) is 12.7. The molecule has 1 heterocycles. The maximum atomic E-state index is 12.6. The summed E-state index contributed by atoms with van der Waals surface area (Å²) < 4.78 is 4.77. The summed E-state index contributed by atoms with van der Waals surface area (Å²) >= 11 is 0. The van der Waals surface area contributed by atoms with Crippen LogP contribution in [0.1, 0.15) is 44.9 Å². The third-order valence-electron chi connectivity index (χ3n) is 5.68. The molecule has 0 radical (unpaired) electrons. The Morgan fingerprint density at radius 3 is 2.67 bits per heavy atom. The molecule has 2 aliphatic carbocycles. The normalized spacial score (nSPS) is 38.6. The number of methoxy groups -OCH3 is 1. The molecule has 0 aromatic rings. The van der Waals surface area contributed by atoms with Crippen LogP contribution in [0.2, 0.25) is 0 Å². The van der Waals surface area contributed by atoms with Crippen LogP contribution in [-0.4, -0.2) is 47.7 Å². The van der Waals surface area contributed by atoms with Crippen molar-refractivity contribution in [3.63, 3.8) is 0 Å². The van der Waals surface area contributed by atoms with Crippen molar-refractivity contribution in [3.05, 3.63) is 0 Å². The van der Waals surface area contributed by atoms with Crippen LogP contribution in [0.5, 0.6) is 0 Å². The maximum absolute atomic E-state index is 12.6. The molecule has 0 spiro atoms. The van der Waals surface area contributed by atoms with Crippen molar-refractivity contribution >= 4 is 11.9 Å². The van der Waals surface area contributed by atoms with Crippen molar-refractivity contribution in [2.24, 2.45) is 17.8 Å². The molecule has 0 aromatic carbocycles. The average Bonchev–Trinajstić information content (AvgIpc) is 3.08. The zero-order chi connectivity index (χ0) is 15.0. The Balaban J connectivity index is 1.65. The summed E-state index contributed by atoms with van der Waals surface area (Å²) in [6, 6.07) is -0.810. The number of carbonyl (C=O) groups excluding carboxylic acids is 2. The van der Waals surface area contributed by atoms with Gasteiger partial charge in [-0.1, -0.05) is 6.42 Å². The first kappa shape index (κ1) is 14.8. The smallest absolute Gasteiger partial charge is 0.331 e. The Kier molecular flexibility index (Phi) is 4.20. The minimum Gasteiger partial charge on any atom is -0.467 e. The van der Waals surface area contributed by atoms with Crippen LogP contribution in [0.3, 0.4) is 0 Å². The highest BCUT2D eigenvalue weighted by atomic mass is 16.5. The van der Waals surface area contributed by atoms with Crippen LogP contribution in [-0.2, 0) is 14.3 Å². The monoisotopic (exact) mass is 295 g/mol. The highest BCUT2D eigenvalue weighted by Gasteiger charge is 2.43. The number of amides is 1. The predicted molar refractivity (Wildman–Crippen MR) is 76.3 cm³/mol. The minimum absolute atomic E-state index is 0.0155. The van der Waals surface area contributed by atoms with Gasteiger partial charge in [0, 0.05) is 13.0 Å². The molecule has 3 fully saturated rings. The van der Waals surface area contributed by atoms with Gasteiger partial charge in [0.15, 0.2) is 6.04 Å². The summed E-state index contributed by atoms with van der Waals surface area (Å²) in [5.74, 6) is 1.51. The first-order valence-corrected chi connectivity index (χ1v) is 8.15. The number of aliphatic hydroxyl groups is 1. The molecule has 3 aliphatic rings. The summed E-state index contributed by atoms with van der Waals surface area (Å²) in [6.07, 6.45) is 6.05. The van der Waals surface area contributed by atoms with Gasteiger partial charge in [-0.05, 0) is 49.9 Å². The number of rotatable bonds is 3. The Morgan fingerprint density at radius 1 is 1.24 bits per heavy atom. The molecule has 1 aliphatic heterocycles. The van der Waals surface area contributed by atoms with Gasteiger partial charge in [0.2, 0.25) is 5.91 Å². The number of nitrogens with zero attached hydrogens (tertiary/aromatic N) is 1. The van der Waals surface area contributed by atoms with Crippen molar-refractivity contribution in [3.8, 4) is 0 Å². The summed E-state index contributed by atoms with van der Waals surface area (Å²) in [5.41, 5.74) is 0. The molecule has 1 amide bonds. The van der Waals surface area contributed by atoms with Crippen molar-refractivity contribution in [2.45, 2.75) is 57.1 Å². The maximum Gasteiger partial charge on any atom is 0.331 e. The van der Waals surface area contributed by atoms with Crippen molar-refractivity contribution in [1.29, 1.82) is 0 Å². The quantitative estimate of drug-likeness (QED) is 0.798. The van der Waals surface area contributed by atoms with Crippen LogP contribution in [0.4, 0.5) is 0 Å². The van der Waals surface area contributed by atoms with E-state index in [2.05, 4.69) is 0 Å². The molecule has 5 nitrogen and oxygen atoms in total. The Hall–Kier alpha value is -1.10. The van der Waals surface area contributed by atoms with E-state index in [1.165, 1.54) is 26.4 Å². The molecule has 1 saturated heterocycles. The lowest BCUT2D eigenvalue weighted by molar-refractivity contribution is -0.161. The predicted octanol–water partition coefficient (Wildman–Crippen LogP) is 1.34. The average molecular weight is 295 g/mol. The van der Waals surface area contributed by atoms with Crippen molar-refractivity contribution in [2.75, 3.05) is 13.7 Å². The first-order valence-electron chi connectivity index (χ1n) is 8.15. The highest BCUT2D eigenvalue weighted by Crippen LogP contribution is 2.49. The molecule has 5 unspecified atom stereocenters. The number of hydrogen-bond acceptors (Lipinski definition) is 4.